The molecular formula is C12H20N2O2. The Balaban J connectivity index is 2.22. The number of methoxy groups -OCH3 is 1. The summed E-state index contributed by atoms with van der Waals surface area (Å²) in [5.41, 5.74) is 1.27. The molecule has 0 aromatic carbocycles. The molecule has 1 aromatic heterocycles. The Morgan fingerprint density at radius 3 is 2.81 bits per heavy atom. The fourth-order valence-electron chi connectivity index (χ4n) is 1.57. The van der Waals surface area contributed by atoms with E-state index in [2.05, 4.69) is 10.3 Å². The monoisotopic (exact) mass is 224 g/mol. The van der Waals surface area contributed by atoms with Crippen LogP contribution in [0.25, 0.3) is 0 Å². The molecule has 0 fully saturated rings. The Hall–Kier alpha value is -0.970. The van der Waals surface area contributed by atoms with Gasteiger partial charge in [0.1, 0.15) is 0 Å². The van der Waals surface area contributed by atoms with Gasteiger partial charge in [-0.3, -0.25) is 4.98 Å². The van der Waals surface area contributed by atoms with E-state index in [1.54, 1.807) is 19.5 Å². The lowest BCUT2D eigenvalue weighted by Crippen LogP contribution is -2.35. The summed E-state index contributed by atoms with van der Waals surface area (Å²) in [4.78, 5) is 3.97. The lowest BCUT2D eigenvalue weighted by atomic mass is 10.2. The molecule has 0 bridgehead atoms. The number of ether oxygens (including phenoxy) is 1. The Morgan fingerprint density at radius 2 is 2.19 bits per heavy atom. The van der Waals surface area contributed by atoms with Crippen LogP contribution in [0.5, 0.6) is 0 Å². The molecule has 4 nitrogen and oxygen atoms in total. The topological polar surface area (TPSA) is 54.4 Å². The molecule has 90 valence electrons. The predicted octanol–water partition coefficient (Wildman–Crippen LogP) is 0.611. The molecule has 2 N–H and O–H groups in total. The fraction of sp³-hybridized carbons (Fsp3) is 0.583. The maximum absolute atomic E-state index is 8.88. The summed E-state index contributed by atoms with van der Waals surface area (Å²) in [6.07, 6.45) is 5.30. The van der Waals surface area contributed by atoms with Crippen LogP contribution in [0.1, 0.15) is 12.0 Å². The number of aliphatic hydroxyl groups is 1. The van der Waals surface area contributed by atoms with Crippen molar-refractivity contribution in [2.24, 2.45) is 0 Å². The van der Waals surface area contributed by atoms with Crippen molar-refractivity contribution >= 4 is 0 Å². The summed E-state index contributed by atoms with van der Waals surface area (Å²) >= 11 is 0. The molecule has 0 aliphatic carbocycles. The van der Waals surface area contributed by atoms with Crippen molar-refractivity contribution < 1.29 is 9.84 Å². The van der Waals surface area contributed by atoms with Gasteiger partial charge in [0.15, 0.2) is 0 Å². The zero-order valence-corrected chi connectivity index (χ0v) is 9.72. The minimum atomic E-state index is 0.191. The van der Waals surface area contributed by atoms with Crippen LogP contribution < -0.4 is 5.32 Å². The molecule has 0 radical (unpaired) electrons. The first-order chi connectivity index (χ1) is 7.86. The Bertz CT molecular complexity index is 261. The number of rotatable bonds is 8. The van der Waals surface area contributed by atoms with Gasteiger partial charge in [0.2, 0.25) is 0 Å². The quantitative estimate of drug-likeness (QED) is 0.679. The molecule has 0 saturated heterocycles. The Kier molecular flexibility index (Phi) is 6.72. The number of hydrogen-bond acceptors (Lipinski definition) is 4. The summed E-state index contributed by atoms with van der Waals surface area (Å²) in [7, 11) is 1.68. The van der Waals surface area contributed by atoms with E-state index in [4.69, 9.17) is 9.84 Å². The number of aliphatic hydroxyl groups excluding tert-OH is 1. The van der Waals surface area contributed by atoms with Crippen molar-refractivity contribution in [3.05, 3.63) is 30.1 Å². The highest BCUT2D eigenvalue weighted by molar-refractivity contribution is 5.09. The maximum atomic E-state index is 8.88. The van der Waals surface area contributed by atoms with Crippen molar-refractivity contribution in [3.8, 4) is 0 Å². The van der Waals surface area contributed by atoms with E-state index in [-0.39, 0.29) is 12.6 Å². The van der Waals surface area contributed by atoms with E-state index in [1.807, 2.05) is 12.1 Å². The molecule has 16 heavy (non-hydrogen) atoms. The van der Waals surface area contributed by atoms with Gasteiger partial charge in [-0.25, -0.2) is 0 Å². The smallest absolute Gasteiger partial charge is 0.0616 e. The summed E-state index contributed by atoms with van der Waals surface area (Å²) < 4.78 is 5.08. The second kappa shape index (κ2) is 8.21. The average molecular weight is 224 g/mol. The van der Waals surface area contributed by atoms with Crippen LogP contribution >= 0.6 is 0 Å². The van der Waals surface area contributed by atoms with Gasteiger partial charge >= 0.3 is 0 Å². The summed E-state index contributed by atoms with van der Waals surface area (Å²) in [5, 5.41) is 12.2. The summed E-state index contributed by atoms with van der Waals surface area (Å²) in [6, 6.07) is 4.26. The van der Waals surface area contributed by atoms with Crippen molar-refractivity contribution in [3.63, 3.8) is 0 Å². The molecule has 0 aliphatic heterocycles. The Labute approximate surface area is 96.7 Å². The van der Waals surface area contributed by atoms with Gasteiger partial charge < -0.3 is 15.2 Å². The highest BCUT2D eigenvalue weighted by Crippen LogP contribution is 1.98. The minimum absolute atomic E-state index is 0.191. The molecule has 0 amide bonds. The standard InChI is InChI=1S/C12H20N2O2/c1-16-10-12(5-9-15)14-8-4-11-2-6-13-7-3-11/h2-3,6-7,12,14-15H,4-5,8-10H2,1H3. The van der Waals surface area contributed by atoms with Crippen LogP contribution in [0.4, 0.5) is 0 Å². The molecule has 1 rings (SSSR count). The lowest BCUT2D eigenvalue weighted by molar-refractivity contribution is 0.149. The van der Waals surface area contributed by atoms with Gasteiger partial charge in [0.25, 0.3) is 0 Å². The molecular weight excluding hydrogens is 204 g/mol. The highest BCUT2D eigenvalue weighted by atomic mass is 16.5. The SMILES string of the molecule is COCC(CCO)NCCc1ccncc1. The maximum Gasteiger partial charge on any atom is 0.0616 e. The third-order valence-electron chi connectivity index (χ3n) is 2.44. The largest absolute Gasteiger partial charge is 0.396 e. The molecule has 4 heteroatoms. The molecule has 1 unspecified atom stereocenters. The van der Waals surface area contributed by atoms with Gasteiger partial charge in [-0.1, -0.05) is 0 Å². The summed E-state index contributed by atoms with van der Waals surface area (Å²) in [6.45, 7) is 1.71. The van der Waals surface area contributed by atoms with Gasteiger partial charge in [-0.15, -0.1) is 0 Å². The molecule has 0 spiro atoms. The zero-order valence-electron chi connectivity index (χ0n) is 9.72. The van der Waals surface area contributed by atoms with E-state index < -0.39 is 0 Å². The molecule has 0 aliphatic rings. The van der Waals surface area contributed by atoms with Gasteiger partial charge in [-0.05, 0) is 37.1 Å². The normalized spacial score (nSPS) is 12.6. The molecule has 1 heterocycles. The van der Waals surface area contributed by atoms with Crippen molar-refractivity contribution in [2.45, 2.75) is 18.9 Å². The summed E-state index contributed by atoms with van der Waals surface area (Å²) in [5.74, 6) is 0. The molecule has 1 aromatic rings. The van der Waals surface area contributed by atoms with E-state index in [9.17, 15) is 0 Å². The van der Waals surface area contributed by atoms with Crippen molar-refractivity contribution in [2.75, 3.05) is 26.9 Å². The Morgan fingerprint density at radius 1 is 1.44 bits per heavy atom. The van der Waals surface area contributed by atoms with E-state index >= 15 is 0 Å². The minimum Gasteiger partial charge on any atom is -0.396 e. The third-order valence-corrected chi connectivity index (χ3v) is 2.44. The number of nitrogens with zero attached hydrogens (tertiary/aromatic N) is 1. The lowest BCUT2D eigenvalue weighted by Gasteiger charge is -2.16. The first-order valence-corrected chi connectivity index (χ1v) is 5.59. The zero-order chi connectivity index (χ0) is 11.6. The molecule has 1 atom stereocenters. The number of pyridine rings is 1. The highest BCUT2D eigenvalue weighted by Gasteiger charge is 2.06. The second-order valence-electron chi connectivity index (χ2n) is 3.72. The van der Waals surface area contributed by atoms with E-state index in [0.717, 1.165) is 19.4 Å². The fourth-order valence-corrected chi connectivity index (χ4v) is 1.57. The van der Waals surface area contributed by atoms with Crippen LogP contribution in [0.3, 0.4) is 0 Å². The van der Waals surface area contributed by atoms with Gasteiger partial charge in [-0.2, -0.15) is 0 Å². The van der Waals surface area contributed by atoms with Crippen LogP contribution in [-0.4, -0.2) is 43.0 Å². The number of aromatic nitrogens is 1. The van der Waals surface area contributed by atoms with Crippen LogP contribution in [0.2, 0.25) is 0 Å². The van der Waals surface area contributed by atoms with Crippen LogP contribution in [0, 0.1) is 0 Å². The van der Waals surface area contributed by atoms with E-state index in [0.29, 0.717) is 6.61 Å². The van der Waals surface area contributed by atoms with Crippen molar-refractivity contribution in [1.82, 2.24) is 10.3 Å². The number of nitrogens with one attached hydrogen (secondary N) is 1. The number of hydrogen-bond donors (Lipinski definition) is 2. The first kappa shape index (κ1) is 13.1. The predicted molar refractivity (Wildman–Crippen MR) is 63.3 cm³/mol. The van der Waals surface area contributed by atoms with Crippen LogP contribution in [-0.2, 0) is 11.2 Å². The molecule has 0 saturated carbocycles. The van der Waals surface area contributed by atoms with Crippen molar-refractivity contribution in [1.29, 1.82) is 0 Å². The van der Waals surface area contributed by atoms with E-state index in [1.165, 1.54) is 5.56 Å². The van der Waals surface area contributed by atoms with Crippen LogP contribution in [0.15, 0.2) is 24.5 Å². The average Bonchev–Trinajstić information content (AvgIpc) is 2.31. The van der Waals surface area contributed by atoms with Gasteiger partial charge in [0.05, 0.1) is 6.61 Å². The van der Waals surface area contributed by atoms with Gasteiger partial charge in [0, 0.05) is 32.2 Å². The second-order valence-corrected chi connectivity index (χ2v) is 3.72. The third kappa shape index (κ3) is 5.21. The first-order valence-electron chi connectivity index (χ1n) is 5.59.